The molecule has 0 saturated heterocycles. The van der Waals surface area contributed by atoms with Gasteiger partial charge in [-0.25, -0.2) is 0 Å². The Bertz CT molecular complexity index is 1560. The van der Waals surface area contributed by atoms with Gasteiger partial charge in [-0.2, -0.15) is 0 Å². The van der Waals surface area contributed by atoms with Crippen LogP contribution in [0.1, 0.15) is 31.8 Å². The Labute approximate surface area is 215 Å². The van der Waals surface area contributed by atoms with Crippen molar-refractivity contribution in [3.63, 3.8) is 0 Å². The van der Waals surface area contributed by atoms with E-state index in [1.165, 1.54) is 0 Å². The van der Waals surface area contributed by atoms with E-state index in [0.717, 1.165) is 22.0 Å². The second kappa shape index (κ2) is 10.7. The molecule has 2 amide bonds. The Morgan fingerprint density at radius 2 is 1.51 bits per heavy atom. The number of aromatic nitrogens is 1. The van der Waals surface area contributed by atoms with E-state index in [0.29, 0.717) is 34.9 Å². The highest BCUT2D eigenvalue weighted by Gasteiger charge is 2.12. The molecular weight excluding hydrogens is 462 g/mol. The third-order valence-electron chi connectivity index (χ3n) is 5.97. The van der Waals surface area contributed by atoms with Crippen molar-refractivity contribution in [2.45, 2.75) is 13.5 Å². The zero-order chi connectivity index (χ0) is 25.6. The van der Waals surface area contributed by atoms with E-state index in [1.54, 1.807) is 42.6 Å². The maximum Gasteiger partial charge on any atom is 0.255 e. The molecule has 2 N–H and O–H groups in total. The SMILES string of the molecule is Cc1ccc(NC(=O)c2ccc3ncccc3c2)cc1NC(=O)c1ccc(OCc2ccccc2)cc1. The van der Waals surface area contributed by atoms with Gasteiger partial charge in [0.05, 0.1) is 5.52 Å². The first-order chi connectivity index (χ1) is 18.0. The first-order valence-corrected chi connectivity index (χ1v) is 11.9. The molecule has 0 radical (unpaired) electrons. The summed E-state index contributed by atoms with van der Waals surface area (Å²) in [5.74, 6) is 0.201. The van der Waals surface area contributed by atoms with Crippen LogP contribution in [0.5, 0.6) is 5.75 Å². The minimum absolute atomic E-state index is 0.238. The van der Waals surface area contributed by atoms with Crippen molar-refractivity contribution in [2.75, 3.05) is 10.6 Å². The fourth-order valence-corrected chi connectivity index (χ4v) is 3.89. The Balaban J connectivity index is 1.23. The standard InChI is InChI=1S/C31H25N3O3/c1-21-9-13-26(33-31(36)25-12-16-28-24(18-25)8-5-17-32-28)19-29(21)34-30(35)23-10-14-27(15-11-23)37-20-22-6-3-2-4-7-22/h2-19H,20H2,1H3,(H,33,36)(H,34,35). The number of ether oxygens (including phenoxy) is 1. The van der Waals surface area contributed by atoms with Crippen molar-refractivity contribution in [3.8, 4) is 5.75 Å². The molecule has 0 saturated carbocycles. The van der Waals surface area contributed by atoms with Crippen LogP contribution in [0.4, 0.5) is 11.4 Å². The fourth-order valence-electron chi connectivity index (χ4n) is 3.89. The molecule has 182 valence electrons. The van der Waals surface area contributed by atoms with E-state index in [1.807, 2.05) is 73.7 Å². The van der Waals surface area contributed by atoms with Gasteiger partial charge >= 0.3 is 0 Å². The van der Waals surface area contributed by atoms with Gasteiger partial charge in [-0.05, 0) is 78.7 Å². The van der Waals surface area contributed by atoms with Gasteiger partial charge in [0.15, 0.2) is 0 Å². The van der Waals surface area contributed by atoms with Crippen LogP contribution in [0.15, 0.2) is 109 Å². The zero-order valence-corrected chi connectivity index (χ0v) is 20.3. The van der Waals surface area contributed by atoms with Crippen LogP contribution in [0, 0.1) is 6.92 Å². The van der Waals surface area contributed by atoms with Crippen molar-refractivity contribution in [3.05, 3.63) is 132 Å². The van der Waals surface area contributed by atoms with Crippen molar-refractivity contribution in [2.24, 2.45) is 0 Å². The molecule has 5 rings (SSSR count). The molecule has 0 spiro atoms. The van der Waals surface area contributed by atoms with E-state index >= 15 is 0 Å². The number of fused-ring (bicyclic) bond motifs is 1. The third kappa shape index (κ3) is 5.82. The lowest BCUT2D eigenvalue weighted by atomic mass is 10.1. The number of amides is 2. The van der Waals surface area contributed by atoms with Gasteiger partial charge in [-0.1, -0.05) is 42.5 Å². The van der Waals surface area contributed by atoms with Crippen LogP contribution >= 0.6 is 0 Å². The maximum absolute atomic E-state index is 12.9. The first-order valence-electron chi connectivity index (χ1n) is 11.9. The van der Waals surface area contributed by atoms with Crippen molar-refractivity contribution < 1.29 is 14.3 Å². The van der Waals surface area contributed by atoms with Crippen LogP contribution in [0.25, 0.3) is 10.9 Å². The predicted molar refractivity (Wildman–Crippen MR) is 146 cm³/mol. The average molecular weight is 488 g/mol. The number of anilines is 2. The molecule has 6 heteroatoms. The third-order valence-corrected chi connectivity index (χ3v) is 5.97. The molecule has 5 aromatic rings. The molecule has 0 unspecified atom stereocenters. The molecule has 37 heavy (non-hydrogen) atoms. The molecule has 1 heterocycles. The van der Waals surface area contributed by atoms with Gasteiger partial charge in [0.25, 0.3) is 11.8 Å². The van der Waals surface area contributed by atoms with E-state index in [-0.39, 0.29) is 11.8 Å². The Kier molecular flexibility index (Phi) is 6.90. The molecule has 0 aliphatic rings. The van der Waals surface area contributed by atoms with Crippen LogP contribution < -0.4 is 15.4 Å². The maximum atomic E-state index is 12.9. The topological polar surface area (TPSA) is 80.3 Å². The highest BCUT2D eigenvalue weighted by atomic mass is 16.5. The fraction of sp³-hybridized carbons (Fsp3) is 0.0645. The number of carbonyl (C=O) groups is 2. The van der Waals surface area contributed by atoms with Gasteiger partial charge in [0, 0.05) is 34.1 Å². The Morgan fingerprint density at radius 3 is 2.32 bits per heavy atom. The van der Waals surface area contributed by atoms with Crippen LogP contribution in [-0.4, -0.2) is 16.8 Å². The normalized spacial score (nSPS) is 10.6. The van der Waals surface area contributed by atoms with Gasteiger partial charge < -0.3 is 15.4 Å². The smallest absolute Gasteiger partial charge is 0.255 e. The molecular formula is C31H25N3O3. The molecule has 4 aromatic carbocycles. The van der Waals surface area contributed by atoms with Gasteiger partial charge in [-0.15, -0.1) is 0 Å². The summed E-state index contributed by atoms with van der Waals surface area (Å²) in [7, 11) is 0. The summed E-state index contributed by atoms with van der Waals surface area (Å²) in [4.78, 5) is 30.0. The van der Waals surface area contributed by atoms with Crippen molar-refractivity contribution in [1.29, 1.82) is 0 Å². The number of pyridine rings is 1. The number of hydrogen-bond acceptors (Lipinski definition) is 4. The molecule has 0 atom stereocenters. The predicted octanol–water partition coefficient (Wildman–Crippen LogP) is 6.63. The van der Waals surface area contributed by atoms with Crippen LogP contribution in [0.3, 0.4) is 0 Å². The van der Waals surface area contributed by atoms with E-state index in [9.17, 15) is 9.59 Å². The summed E-state index contributed by atoms with van der Waals surface area (Å²) in [6, 6.07) is 31.5. The number of hydrogen-bond donors (Lipinski definition) is 2. The molecule has 6 nitrogen and oxygen atoms in total. The second-order valence-electron chi connectivity index (χ2n) is 8.65. The monoisotopic (exact) mass is 487 g/mol. The second-order valence-corrected chi connectivity index (χ2v) is 8.65. The van der Waals surface area contributed by atoms with Crippen LogP contribution in [-0.2, 0) is 6.61 Å². The van der Waals surface area contributed by atoms with Crippen molar-refractivity contribution >= 4 is 34.1 Å². The molecule has 0 aliphatic heterocycles. The number of nitrogens with zero attached hydrogens (tertiary/aromatic N) is 1. The van der Waals surface area contributed by atoms with E-state index in [4.69, 9.17) is 4.74 Å². The lowest BCUT2D eigenvalue weighted by Crippen LogP contribution is -2.15. The highest BCUT2D eigenvalue weighted by molar-refractivity contribution is 6.07. The average Bonchev–Trinajstić information content (AvgIpc) is 2.94. The van der Waals surface area contributed by atoms with E-state index in [2.05, 4.69) is 15.6 Å². The Morgan fingerprint density at radius 1 is 0.757 bits per heavy atom. The number of nitrogens with one attached hydrogen (secondary N) is 2. The largest absolute Gasteiger partial charge is 0.489 e. The number of carbonyl (C=O) groups excluding carboxylic acids is 2. The Hall–Kier alpha value is -4.97. The number of rotatable bonds is 7. The van der Waals surface area contributed by atoms with Gasteiger partial charge in [-0.3, -0.25) is 14.6 Å². The molecule has 1 aromatic heterocycles. The summed E-state index contributed by atoms with van der Waals surface area (Å²) >= 11 is 0. The van der Waals surface area contributed by atoms with Gasteiger partial charge in [0.2, 0.25) is 0 Å². The summed E-state index contributed by atoms with van der Waals surface area (Å²) in [5.41, 5.74) is 5.02. The zero-order valence-electron chi connectivity index (χ0n) is 20.3. The quantitative estimate of drug-likeness (QED) is 0.270. The summed E-state index contributed by atoms with van der Waals surface area (Å²) in [6.07, 6.45) is 1.72. The summed E-state index contributed by atoms with van der Waals surface area (Å²) in [5, 5.41) is 6.75. The minimum Gasteiger partial charge on any atom is -0.489 e. The summed E-state index contributed by atoms with van der Waals surface area (Å²) < 4.78 is 5.80. The number of aryl methyl sites for hydroxylation is 1. The van der Waals surface area contributed by atoms with Gasteiger partial charge in [0.1, 0.15) is 12.4 Å². The molecule has 0 aliphatic carbocycles. The minimum atomic E-state index is -0.247. The molecule has 0 fully saturated rings. The summed E-state index contributed by atoms with van der Waals surface area (Å²) in [6.45, 7) is 2.36. The van der Waals surface area contributed by atoms with Crippen molar-refractivity contribution in [1.82, 2.24) is 4.98 Å². The van der Waals surface area contributed by atoms with Crippen LogP contribution in [0.2, 0.25) is 0 Å². The highest BCUT2D eigenvalue weighted by Crippen LogP contribution is 2.23. The number of benzene rings is 4. The lowest BCUT2D eigenvalue weighted by Gasteiger charge is -2.12. The van der Waals surface area contributed by atoms with E-state index < -0.39 is 0 Å². The lowest BCUT2D eigenvalue weighted by molar-refractivity contribution is 0.101. The molecule has 0 bridgehead atoms. The first kappa shape index (κ1) is 23.8.